The first kappa shape index (κ1) is 14.5. The topological polar surface area (TPSA) is 58.1 Å². The molecule has 0 bridgehead atoms. The van der Waals surface area contributed by atoms with Gasteiger partial charge in [-0.2, -0.15) is 0 Å². The lowest BCUT2D eigenvalue weighted by molar-refractivity contribution is 0.203. The van der Waals surface area contributed by atoms with Gasteiger partial charge in [-0.25, -0.2) is 14.8 Å². The highest BCUT2D eigenvalue weighted by Gasteiger charge is 2.27. The third-order valence-corrected chi connectivity index (χ3v) is 5.24. The number of urea groups is 1. The molecule has 7 heteroatoms. The molecule has 0 radical (unpaired) electrons. The second kappa shape index (κ2) is 6.11. The van der Waals surface area contributed by atoms with Crippen LogP contribution in [0.15, 0.2) is 17.0 Å². The quantitative estimate of drug-likeness (QED) is 0.918. The lowest BCUT2D eigenvalue weighted by Gasteiger charge is -2.19. The summed E-state index contributed by atoms with van der Waals surface area (Å²) in [5.74, 6) is 0.666. The molecule has 1 N–H and O–H groups in total. The van der Waals surface area contributed by atoms with Crippen LogP contribution in [0.1, 0.15) is 47.4 Å². The smallest absolute Gasteiger partial charge is 0.318 e. The van der Waals surface area contributed by atoms with Crippen molar-refractivity contribution in [2.75, 3.05) is 7.05 Å². The average Bonchev–Trinajstić information content (AvgIpc) is 2.99. The van der Waals surface area contributed by atoms with E-state index in [4.69, 9.17) is 0 Å². The molecule has 1 aliphatic rings. The van der Waals surface area contributed by atoms with Crippen molar-refractivity contribution in [2.45, 2.75) is 38.3 Å². The van der Waals surface area contributed by atoms with Crippen LogP contribution in [0.3, 0.4) is 0 Å². The summed E-state index contributed by atoms with van der Waals surface area (Å²) in [5, 5.41) is 9.10. The predicted octanol–water partition coefficient (Wildman–Crippen LogP) is 3.38. The van der Waals surface area contributed by atoms with Gasteiger partial charge < -0.3 is 10.2 Å². The van der Waals surface area contributed by atoms with Gasteiger partial charge in [0.25, 0.3) is 0 Å². The summed E-state index contributed by atoms with van der Waals surface area (Å²) in [5.41, 5.74) is 0.956. The van der Waals surface area contributed by atoms with Gasteiger partial charge in [-0.15, -0.1) is 22.7 Å². The number of hydrogen-bond acceptors (Lipinski definition) is 5. The summed E-state index contributed by atoms with van der Waals surface area (Å²) in [7, 11) is 1.78. The van der Waals surface area contributed by atoms with Gasteiger partial charge in [0.15, 0.2) is 0 Å². The van der Waals surface area contributed by atoms with E-state index in [2.05, 4.69) is 20.7 Å². The number of nitrogens with one attached hydrogen (secondary N) is 1. The first-order valence-electron chi connectivity index (χ1n) is 6.99. The summed E-state index contributed by atoms with van der Waals surface area (Å²) < 4.78 is 0. The highest BCUT2D eigenvalue weighted by atomic mass is 32.1. The second-order valence-corrected chi connectivity index (χ2v) is 7.21. The molecule has 2 aromatic heterocycles. The molecule has 1 unspecified atom stereocenters. The molecule has 2 heterocycles. The van der Waals surface area contributed by atoms with Crippen molar-refractivity contribution in [1.82, 2.24) is 20.2 Å². The van der Waals surface area contributed by atoms with Crippen molar-refractivity contribution >= 4 is 28.7 Å². The van der Waals surface area contributed by atoms with E-state index in [0.29, 0.717) is 12.5 Å². The molecular formula is C14H18N4OS2. The number of hydrogen-bond donors (Lipinski definition) is 1. The lowest BCUT2D eigenvalue weighted by atomic mass is 10.2. The Morgan fingerprint density at radius 2 is 2.33 bits per heavy atom. The van der Waals surface area contributed by atoms with E-state index in [0.717, 1.165) is 10.7 Å². The number of nitrogens with zero attached hydrogens (tertiary/aromatic N) is 3. The highest BCUT2D eigenvalue weighted by Crippen LogP contribution is 2.41. The minimum atomic E-state index is -0.0985. The molecule has 1 atom stereocenters. The van der Waals surface area contributed by atoms with Gasteiger partial charge in [0, 0.05) is 29.9 Å². The lowest BCUT2D eigenvalue weighted by Crippen LogP contribution is -2.38. The minimum absolute atomic E-state index is 0.0694. The maximum absolute atomic E-state index is 12.2. The molecular weight excluding hydrogens is 304 g/mol. The van der Waals surface area contributed by atoms with Gasteiger partial charge in [0.2, 0.25) is 0 Å². The van der Waals surface area contributed by atoms with E-state index < -0.39 is 0 Å². The van der Waals surface area contributed by atoms with Crippen LogP contribution in [0.5, 0.6) is 0 Å². The Kier molecular flexibility index (Phi) is 4.21. The summed E-state index contributed by atoms with van der Waals surface area (Å²) >= 11 is 3.26. The first-order chi connectivity index (χ1) is 10.1. The Morgan fingerprint density at radius 1 is 1.52 bits per heavy atom. The molecule has 1 fully saturated rings. The fraction of sp³-hybridized carbons (Fsp3) is 0.500. The molecule has 2 aromatic rings. The zero-order valence-corrected chi connectivity index (χ0v) is 13.7. The maximum Gasteiger partial charge on any atom is 0.318 e. The first-order valence-corrected chi connectivity index (χ1v) is 8.74. The van der Waals surface area contributed by atoms with Gasteiger partial charge in [-0.1, -0.05) is 0 Å². The van der Waals surface area contributed by atoms with E-state index in [1.54, 1.807) is 40.8 Å². The van der Waals surface area contributed by atoms with E-state index in [1.807, 2.05) is 12.3 Å². The van der Waals surface area contributed by atoms with Crippen molar-refractivity contribution in [2.24, 2.45) is 0 Å². The third kappa shape index (κ3) is 3.59. The van der Waals surface area contributed by atoms with Crippen molar-refractivity contribution in [1.29, 1.82) is 0 Å². The molecule has 0 aliphatic heterocycles. The van der Waals surface area contributed by atoms with Crippen LogP contribution in [-0.4, -0.2) is 27.9 Å². The molecule has 0 spiro atoms. The molecule has 21 heavy (non-hydrogen) atoms. The predicted molar refractivity (Wildman–Crippen MR) is 84.6 cm³/mol. The van der Waals surface area contributed by atoms with Gasteiger partial charge in [-0.05, 0) is 19.8 Å². The Morgan fingerprint density at radius 3 is 3.00 bits per heavy atom. The monoisotopic (exact) mass is 322 g/mol. The van der Waals surface area contributed by atoms with Gasteiger partial charge in [-0.3, -0.25) is 0 Å². The number of carbonyl (C=O) groups is 1. The zero-order chi connectivity index (χ0) is 14.8. The number of aromatic nitrogens is 2. The largest absolute Gasteiger partial charge is 0.330 e. The fourth-order valence-corrected chi connectivity index (χ4v) is 3.75. The highest BCUT2D eigenvalue weighted by molar-refractivity contribution is 7.10. The Bertz CT molecular complexity index is 606. The molecule has 2 amide bonds. The van der Waals surface area contributed by atoms with E-state index in [1.165, 1.54) is 17.8 Å². The normalized spacial score (nSPS) is 15.7. The molecule has 5 nitrogen and oxygen atoms in total. The molecule has 3 rings (SSSR count). The van der Waals surface area contributed by atoms with Crippen molar-refractivity contribution in [3.63, 3.8) is 0 Å². The van der Waals surface area contributed by atoms with Crippen LogP contribution in [0.4, 0.5) is 4.79 Å². The molecule has 0 saturated heterocycles. The van der Waals surface area contributed by atoms with Gasteiger partial charge in [0.1, 0.15) is 5.01 Å². The van der Waals surface area contributed by atoms with Crippen LogP contribution < -0.4 is 5.32 Å². The average molecular weight is 322 g/mol. The van der Waals surface area contributed by atoms with E-state index in [9.17, 15) is 4.79 Å². The van der Waals surface area contributed by atoms with Crippen LogP contribution in [0.2, 0.25) is 0 Å². The summed E-state index contributed by atoms with van der Waals surface area (Å²) in [6.07, 6.45) is 4.26. The Hall–Kier alpha value is -1.47. The van der Waals surface area contributed by atoms with Crippen LogP contribution in [0, 0.1) is 0 Å². The maximum atomic E-state index is 12.2. The van der Waals surface area contributed by atoms with Crippen molar-refractivity contribution < 1.29 is 4.79 Å². The fourth-order valence-electron chi connectivity index (χ4n) is 1.99. The summed E-state index contributed by atoms with van der Waals surface area (Å²) in [6, 6.07) is -0.168. The van der Waals surface area contributed by atoms with Crippen LogP contribution in [-0.2, 0) is 6.54 Å². The van der Waals surface area contributed by atoms with Crippen LogP contribution >= 0.6 is 22.7 Å². The molecule has 0 aromatic carbocycles. The Labute approximate surface area is 132 Å². The zero-order valence-electron chi connectivity index (χ0n) is 12.1. The third-order valence-electron chi connectivity index (χ3n) is 3.45. The molecule has 112 valence electrons. The number of amides is 2. The van der Waals surface area contributed by atoms with Crippen molar-refractivity contribution in [3.8, 4) is 0 Å². The molecule has 1 saturated carbocycles. The van der Waals surface area contributed by atoms with Crippen molar-refractivity contribution in [3.05, 3.63) is 32.7 Å². The van der Waals surface area contributed by atoms with Crippen LogP contribution in [0.25, 0.3) is 0 Å². The summed E-state index contributed by atoms with van der Waals surface area (Å²) in [4.78, 5) is 22.6. The number of carbonyl (C=O) groups excluding carboxylic acids is 1. The number of rotatable bonds is 5. The summed E-state index contributed by atoms with van der Waals surface area (Å²) in [6.45, 7) is 2.50. The minimum Gasteiger partial charge on any atom is -0.330 e. The Balaban J connectivity index is 1.55. The number of thiazole rings is 2. The van der Waals surface area contributed by atoms with E-state index >= 15 is 0 Å². The van der Waals surface area contributed by atoms with Gasteiger partial charge in [0.05, 0.1) is 23.3 Å². The van der Waals surface area contributed by atoms with E-state index in [-0.39, 0.29) is 12.1 Å². The van der Waals surface area contributed by atoms with Gasteiger partial charge >= 0.3 is 6.03 Å². The second-order valence-electron chi connectivity index (χ2n) is 5.34. The SMILES string of the molecule is CC(NC(=O)N(C)Cc1nccs1)c1csc(C2CC2)n1. The standard InChI is InChI=1S/C14H18N4OS2/c1-9(11-8-21-13(17-11)10-3-4-10)16-14(19)18(2)7-12-15-5-6-20-12/h5-6,8-10H,3-4,7H2,1-2H3,(H,16,19). The molecule has 1 aliphatic carbocycles.